The van der Waals surface area contributed by atoms with Crippen LogP contribution in [0.2, 0.25) is 0 Å². The van der Waals surface area contributed by atoms with E-state index >= 15 is 0 Å². The molecule has 3 heterocycles. The summed E-state index contributed by atoms with van der Waals surface area (Å²) >= 11 is 1.37. The third-order valence-electron chi connectivity index (χ3n) is 5.14. The van der Waals surface area contributed by atoms with Crippen LogP contribution in [0.15, 0.2) is 60.1 Å². The number of thiazole rings is 1. The van der Waals surface area contributed by atoms with Crippen LogP contribution in [0.1, 0.15) is 22.3 Å². The fraction of sp³-hybridized carbons (Fsp3) is 0.130. The highest BCUT2D eigenvalue weighted by Crippen LogP contribution is 2.31. The van der Waals surface area contributed by atoms with Gasteiger partial charge in [-0.15, -0.1) is 11.3 Å². The Morgan fingerprint density at radius 3 is 2.81 bits per heavy atom. The molecule has 1 aliphatic rings. The summed E-state index contributed by atoms with van der Waals surface area (Å²) in [6.45, 7) is 0. The maximum Gasteiger partial charge on any atom is 0.261 e. The van der Waals surface area contributed by atoms with Gasteiger partial charge in [-0.2, -0.15) is 5.10 Å². The molecule has 4 aromatic rings. The van der Waals surface area contributed by atoms with Gasteiger partial charge in [0.15, 0.2) is 5.13 Å². The molecule has 0 saturated heterocycles. The quantitative estimate of drug-likeness (QED) is 0.505. The van der Waals surface area contributed by atoms with Crippen molar-refractivity contribution in [3.05, 3.63) is 71.2 Å². The van der Waals surface area contributed by atoms with Gasteiger partial charge >= 0.3 is 0 Å². The number of benzene rings is 2. The second-order valence-corrected chi connectivity index (χ2v) is 8.20. The molecule has 2 aromatic heterocycles. The minimum Gasteiger partial charge on any atom is -0.326 e. The first kappa shape index (κ1) is 19.2. The Hall–Kier alpha value is -3.78. The SMILES string of the molecule is Cn1cc(C(=O)Nc2nc(-c3ccc4c(c3)CCC(=O)N4)cs2)c(-c2ccccc2)n1. The second-order valence-electron chi connectivity index (χ2n) is 7.34. The van der Waals surface area contributed by atoms with Crippen molar-refractivity contribution in [1.29, 1.82) is 0 Å². The summed E-state index contributed by atoms with van der Waals surface area (Å²) in [7, 11) is 1.79. The van der Waals surface area contributed by atoms with Crippen LogP contribution in [0.3, 0.4) is 0 Å². The van der Waals surface area contributed by atoms with Crippen molar-refractivity contribution in [2.24, 2.45) is 7.05 Å². The summed E-state index contributed by atoms with van der Waals surface area (Å²) < 4.78 is 1.64. The van der Waals surface area contributed by atoms with E-state index < -0.39 is 0 Å². The van der Waals surface area contributed by atoms with Gasteiger partial charge < -0.3 is 5.32 Å². The van der Waals surface area contributed by atoms with E-state index in [0.717, 1.165) is 28.1 Å². The van der Waals surface area contributed by atoms with E-state index in [0.29, 0.717) is 29.2 Å². The third kappa shape index (κ3) is 3.85. The minimum absolute atomic E-state index is 0.0455. The molecule has 1 aliphatic heterocycles. The molecule has 0 saturated carbocycles. The molecule has 0 fully saturated rings. The van der Waals surface area contributed by atoms with E-state index in [1.54, 1.807) is 17.9 Å². The second kappa shape index (κ2) is 7.81. The fourth-order valence-corrected chi connectivity index (χ4v) is 4.35. The first-order valence-electron chi connectivity index (χ1n) is 9.86. The highest BCUT2D eigenvalue weighted by molar-refractivity contribution is 7.14. The summed E-state index contributed by atoms with van der Waals surface area (Å²) in [5.74, 6) is -0.204. The summed E-state index contributed by atoms with van der Waals surface area (Å²) in [6.07, 6.45) is 2.92. The Bertz CT molecular complexity index is 1290. The van der Waals surface area contributed by atoms with Crippen LogP contribution in [0, 0.1) is 0 Å². The number of carbonyl (C=O) groups is 2. The molecule has 0 atom stereocenters. The largest absolute Gasteiger partial charge is 0.326 e. The highest BCUT2D eigenvalue weighted by atomic mass is 32.1. The summed E-state index contributed by atoms with van der Waals surface area (Å²) in [4.78, 5) is 29.1. The molecule has 2 amide bonds. The molecule has 31 heavy (non-hydrogen) atoms. The van der Waals surface area contributed by atoms with E-state index in [9.17, 15) is 9.59 Å². The number of rotatable bonds is 4. The van der Waals surface area contributed by atoms with Gasteiger partial charge in [0, 0.05) is 41.9 Å². The summed E-state index contributed by atoms with van der Waals surface area (Å²) in [6, 6.07) is 15.5. The number of nitrogens with zero attached hydrogens (tertiary/aromatic N) is 3. The number of nitrogens with one attached hydrogen (secondary N) is 2. The van der Waals surface area contributed by atoms with Gasteiger partial charge in [0.2, 0.25) is 5.91 Å². The average Bonchev–Trinajstić information content (AvgIpc) is 3.40. The van der Waals surface area contributed by atoms with E-state index in [4.69, 9.17) is 0 Å². The summed E-state index contributed by atoms with van der Waals surface area (Å²) in [5, 5.41) is 12.7. The number of hydrogen-bond donors (Lipinski definition) is 2. The standard InChI is InChI=1S/C23H19N5O2S/c1-28-12-17(21(27-28)14-5-3-2-4-6-14)22(30)26-23-25-19(13-31-23)16-7-9-18-15(11-16)8-10-20(29)24-18/h2-7,9,11-13H,8,10H2,1H3,(H,24,29)(H,25,26,30). The lowest BCUT2D eigenvalue weighted by Gasteiger charge is -2.17. The molecule has 7 nitrogen and oxygen atoms in total. The normalized spacial score (nSPS) is 12.9. The monoisotopic (exact) mass is 429 g/mol. The maximum absolute atomic E-state index is 13.0. The lowest BCUT2D eigenvalue weighted by molar-refractivity contribution is -0.116. The van der Waals surface area contributed by atoms with Crippen LogP contribution in [0.4, 0.5) is 10.8 Å². The van der Waals surface area contributed by atoms with Gasteiger partial charge in [-0.3, -0.25) is 19.6 Å². The zero-order chi connectivity index (χ0) is 21.4. The highest BCUT2D eigenvalue weighted by Gasteiger charge is 2.19. The van der Waals surface area contributed by atoms with E-state index in [-0.39, 0.29) is 11.8 Å². The molecule has 0 unspecified atom stereocenters. The van der Waals surface area contributed by atoms with Crippen LogP contribution in [0.5, 0.6) is 0 Å². The van der Waals surface area contributed by atoms with Crippen molar-refractivity contribution in [2.45, 2.75) is 12.8 Å². The van der Waals surface area contributed by atoms with Crippen LogP contribution in [-0.4, -0.2) is 26.6 Å². The molecule has 0 aliphatic carbocycles. The van der Waals surface area contributed by atoms with E-state index in [1.807, 2.05) is 53.9 Å². The Labute approximate surface area is 182 Å². The van der Waals surface area contributed by atoms with Crippen LogP contribution in [-0.2, 0) is 18.3 Å². The molecule has 0 radical (unpaired) electrons. The number of aromatic nitrogens is 3. The Morgan fingerprint density at radius 1 is 1.13 bits per heavy atom. The van der Waals surface area contributed by atoms with Gasteiger partial charge in [-0.25, -0.2) is 4.98 Å². The van der Waals surface area contributed by atoms with Crippen molar-refractivity contribution >= 4 is 34.0 Å². The topological polar surface area (TPSA) is 88.9 Å². The average molecular weight is 430 g/mol. The maximum atomic E-state index is 13.0. The zero-order valence-electron chi connectivity index (χ0n) is 16.8. The number of hydrogen-bond acceptors (Lipinski definition) is 5. The fourth-order valence-electron chi connectivity index (χ4n) is 3.63. The molecular weight excluding hydrogens is 410 g/mol. The molecule has 0 spiro atoms. The number of aryl methyl sites for hydroxylation is 2. The van der Waals surface area contributed by atoms with E-state index in [2.05, 4.69) is 20.7 Å². The smallest absolute Gasteiger partial charge is 0.261 e. The molecule has 154 valence electrons. The van der Waals surface area contributed by atoms with Gasteiger partial charge in [-0.1, -0.05) is 36.4 Å². The Morgan fingerprint density at radius 2 is 1.97 bits per heavy atom. The summed E-state index contributed by atoms with van der Waals surface area (Å²) in [5.41, 5.74) is 5.71. The molecular formula is C23H19N5O2S. The van der Waals surface area contributed by atoms with Crippen LogP contribution < -0.4 is 10.6 Å². The van der Waals surface area contributed by atoms with Crippen molar-refractivity contribution < 1.29 is 9.59 Å². The zero-order valence-corrected chi connectivity index (χ0v) is 17.6. The molecule has 5 rings (SSSR count). The van der Waals surface area contributed by atoms with Gasteiger partial charge in [0.05, 0.1) is 11.3 Å². The van der Waals surface area contributed by atoms with Gasteiger partial charge in [0.1, 0.15) is 5.69 Å². The molecule has 0 bridgehead atoms. The number of amides is 2. The molecule has 8 heteroatoms. The number of carbonyl (C=O) groups excluding carboxylic acids is 2. The third-order valence-corrected chi connectivity index (χ3v) is 5.90. The number of fused-ring (bicyclic) bond motifs is 1. The lowest BCUT2D eigenvalue weighted by atomic mass is 9.99. The first-order valence-corrected chi connectivity index (χ1v) is 10.7. The van der Waals surface area contributed by atoms with Crippen molar-refractivity contribution in [1.82, 2.24) is 14.8 Å². The molecule has 2 aromatic carbocycles. The van der Waals surface area contributed by atoms with Gasteiger partial charge in [-0.05, 0) is 24.1 Å². The van der Waals surface area contributed by atoms with Crippen molar-refractivity contribution in [3.8, 4) is 22.5 Å². The minimum atomic E-state index is -0.249. The van der Waals surface area contributed by atoms with Gasteiger partial charge in [0.25, 0.3) is 5.91 Å². The lowest BCUT2D eigenvalue weighted by Crippen LogP contribution is -2.18. The Kier molecular flexibility index (Phi) is 4.83. The number of anilines is 2. The van der Waals surface area contributed by atoms with E-state index in [1.165, 1.54) is 11.3 Å². The van der Waals surface area contributed by atoms with Crippen molar-refractivity contribution in [2.75, 3.05) is 10.6 Å². The van der Waals surface area contributed by atoms with Crippen LogP contribution >= 0.6 is 11.3 Å². The first-order chi connectivity index (χ1) is 15.1. The van der Waals surface area contributed by atoms with Crippen LogP contribution in [0.25, 0.3) is 22.5 Å². The predicted octanol–water partition coefficient (Wildman–Crippen LogP) is 4.35. The molecule has 2 N–H and O–H groups in total. The van der Waals surface area contributed by atoms with Crippen molar-refractivity contribution in [3.63, 3.8) is 0 Å². The predicted molar refractivity (Wildman–Crippen MR) is 121 cm³/mol. The Balaban J connectivity index is 1.37.